The molecule has 1 atom stereocenters. The molecule has 0 aromatic heterocycles. The van der Waals surface area contributed by atoms with Gasteiger partial charge in [-0.1, -0.05) is 26.2 Å². The summed E-state index contributed by atoms with van der Waals surface area (Å²) < 4.78 is 0. The zero-order chi connectivity index (χ0) is 11.8. The first kappa shape index (κ1) is 13.5. The van der Waals surface area contributed by atoms with Gasteiger partial charge in [-0.15, -0.1) is 0 Å². The van der Waals surface area contributed by atoms with Gasteiger partial charge in [-0.25, -0.2) is 0 Å². The van der Waals surface area contributed by atoms with Crippen molar-refractivity contribution >= 4 is 5.97 Å². The molecule has 0 saturated carbocycles. The van der Waals surface area contributed by atoms with Crippen LogP contribution in [0.4, 0.5) is 0 Å². The van der Waals surface area contributed by atoms with E-state index in [4.69, 9.17) is 0 Å². The minimum absolute atomic E-state index is 0.272. The number of carboxylic acids is 1. The van der Waals surface area contributed by atoms with Crippen LogP contribution in [-0.2, 0) is 4.79 Å². The summed E-state index contributed by atoms with van der Waals surface area (Å²) in [7, 11) is 0. The third kappa shape index (κ3) is 4.49. The molecule has 0 spiro atoms. The van der Waals surface area contributed by atoms with Crippen molar-refractivity contribution in [2.45, 2.75) is 45.1 Å². The maximum Gasteiger partial charge on any atom is 0.320 e. The SMILES string of the molecule is CCCCCC(C(=O)O)N1CCCNCC1. The fraction of sp³-hybridized carbons (Fsp3) is 0.917. The van der Waals surface area contributed by atoms with E-state index in [1.165, 1.54) is 0 Å². The van der Waals surface area contributed by atoms with Crippen molar-refractivity contribution in [3.63, 3.8) is 0 Å². The summed E-state index contributed by atoms with van der Waals surface area (Å²) in [4.78, 5) is 13.4. The molecule has 2 N–H and O–H groups in total. The van der Waals surface area contributed by atoms with Crippen molar-refractivity contribution in [3.05, 3.63) is 0 Å². The monoisotopic (exact) mass is 228 g/mol. The van der Waals surface area contributed by atoms with E-state index in [9.17, 15) is 9.90 Å². The van der Waals surface area contributed by atoms with Crippen molar-refractivity contribution in [2.24, 2.45) is 0 Å². The number of hydrogen-bond acceptors (Lipinski definition) is 3. The molecule has 1 aliphatic heterocycles. The summed E-state index contributed by atoms with van der Waals surface area (Å²) in [5.74, 6) is -0.655. The third-order valence-electron chi connectivity index (χ3n) is 3.18. The van der Waals surface area contributed by atoms with Gasteiger partial charge >= 0.3 is 5.97 Å². The summed E-state index contributed by atoms with van der Waals surface area (Å²) in [5, 5.41) is 12.6. The van der Waals surface area contributed by atoms with Crippen molar-refractivity contribution in [1.82, 2.24) is 10.2 Å². The molecule has 1 unspecified atom stereocenters. The zero-order valence-electron chi connectivity index (χ0n) is 10.2. The second-order valence-electron chi connectivity index (χ2n) is 4.49. The Morgan fingerprint density at radius 3 is 2.88 bits per heavy atom. The first-order chi connectivity index (χ1) is 7.75. The highest BCUT2D eigenvalue weighted by molar-refractivity contribution is 5.73. The van der Waals surface area contributed by atoms with Crippen LogP contribution in [0.5, 0.6) is 0 Å². The van der Waals surface area contributed by atoms with Gasteiger partial charge in [0, 0.05) is 19.6 Å². The number of rotatable bonds is 6. The molecular weight excluding hydrogens is 204 g/mol. The van der Waals surface area contributed by atoms with Crippen LogP contribution in [0.15, 0.2) is 0 Å². The van der Waals surface area contributed by atoms with E-state index in [2.05, 4.69) is 17.1 Å². The summed E-state index contributed by atoms with van der Waals surface area (Å²) in [5.41, 5.74) is 0. The molecule has 1 rings (SSSR count). The van der Waals surface area contributed by atoms with Crippen LogP contribution in [0.25, 0.3) is 0 Å². The van der Waals surface area contributed by atoms with Gasteiger partial charge in [-0.2, -0.15) is 0 Å². The Kier molecular flexibility index (Phi) is 6.42. The highest BCUT2D eigenvalue weighted by Crippen LogP contribution is 2.12. The van der Waals surface area contributed by atoms with Crippen LogP contribution < -0.4 is 5.32 Å². The molecule has 0 aromatic carbocycles. The first-order valence-electron chi connectivity index (χ1n) is 6.43. The van der Waals surface area contributed by atoms with E-state index in [1.54, 1.807) is 0 Å². The Morgan fingerprint density at radius 2 is 2.19 bits per heavy atom. The van der Waals surface area contributed by atoms with Crippen LogP contribution in [0.2, 0.25) is 0 Å². The van der Waals surface area contributed by atoms with E-state index in [-0.39, 0.29) is 6.04 Å². The average Bonchev–Trinajstić information content (AvgIpc) is 2.52. The van der Waals surface area contributed by atoms with Crippen molar-refractivity contribution in [2.75, 3.05) is 26.2 Å². The topological polar surface area (TPSA) is 52.6 Å². The summed E-state index contributed by atoms with van der Waals surface area (Å²) in [6.45, 7) is 5.85. The number of aliphatic carboxylic acids is 1. The van der Waals surface area contributed by atoms with Gasteiger partial charge in [0.05, 0.1) is 0 Å². The third-order valence-corrected chi connectivity index (χ3v) is 3.18. The van der Waals surface area contributed by atoms with E-state index in [1.807, 2.05) is 0 Å². The standard InChI is InChI=1S/C12H24N2O2/c1-2-3-4-6-11(12(15)16)14-9-5-7-13-8-10-14/h11,13H,2-10H2,1H3,(H,15,16). The zero-order valence-corrected chi connectivity index (χ0v) is 10.2. The lowest BCUT2D eigenvalue weighted by Crippen LogP contribution is -2.43. The van der Waals surface area contributed by atoms with Crippen molar-refractivity contribution in [1.29, 1.82) is 0 Å². The van der Waals surface area contributed by atoms with Gasteiger partial charge in [0.2, 0.25) is 0 Å². The second-order valence-corrected chi connectivity index (χ2v) is 4.49. The van der Waals surface area contributed by atoms with Crippen LogP contribution in [0.1, 0.15) is 39.0 Å². The maximum absolute atomic E-state index is 11.2. The number of carbonyl (C=O) groups is 1. The fourth-order valence-corrected chi connectivity index (χ4v) is 2.23. The number of nitrogens with one attached hydrogen (secondary N) is 1. The molecule has 1 aliphatic rings. The van der Waals surface area contributed by atoms with Gasteiger partial charge < -0.3 is 10.4 Å². The van der Waals surface area contributed by atoms with Gasteiger partial charge in [-0.05, 0) is 19.4 Å². The number of unbranched alkanes of at least 4 members (excludes halogenated alkanes) is 2. The predicted octanol–water partition coefficient (Wildman–Crippen LogP) is 1.32. The number of carboxylic acid groups (broad SMARTS) is 1. The summed E-state index contributed by atoms with van der Waals surface area (Å²) in [6.07, 6.45) is 5.15. The van der Waals surface area contributed by atoms with Crippen LogP contribution in [0.3, 0.4) is 0 Å². The molecule has 1 fully saturated rings. The van der Waals surface area contributed by atoms with Gasteiger partial charge in [0.1, 0.15) is 6.04 Å². The Hall–Kier alpha value is -0.610. The molecule has 0 radical (unpaired) electrons. The summed E-state index contributed by atoms with van der Waals surface area (Å²) in [6, 6.07) is -0.272. The minimum atomic E-state index is -0.655. The minimum Gasteiger partial charge on any atom is -0.480 e. The highest BCUT2D eigenvalue weighted by atomic mass is 16.4. The van der Waals surface area contributed by atoms with Gasteiger partial charge in [0.15, 0.2) is 0 Å². The number of nitrogens with zero attached hydrogens (tertiary/aromatic N) is 1. The fourth-order valence-electron chi connectivity index (χ4n) is 2.23. The Balaban J connectivity index is 2.43. The second kappa shape index (κ2) is 7.63. The van der Waals surface area contributed by atoms with E-state index >= 15 is 0 Å². The molecule has 94 valence electrons. The lowest BCUT2D eigenvalue weighted by molar-refractivity contribution is -0.143. The molecule has 0 bridgehead atoms. The summed E-state index contributed by atoms with van der Waals surface area (Å²) >= 11 is 0. The molecule has 1 saturated heterocycles. The van der Waals surface area contributed by atoms with Crippen LogP contribution >= 0.6 is 0 Å². The molecular formula is C12H24N2O2. The molecule has 1 heterocycles. The molecule has 0 aliphatic carbocycles. The van der Waals surface area contributed by atoms with Crippen molar-refractivity contribution in [3.8, 4) is 0 Å². The highest BCUT2D eigenvalue weighted by Gasteiger charge is 2.25. The van der Waals surface area contributed by atoms with Crippen LogP contribution in [0, 0.1) is 0 Å². The first-order valence-corrected chi connectivity index (χ1v) is 6.43. The quantitative estimate of drug-likeness (QED) is 0.673. The normalized spacial score (nSPS) is 20.3. The molecule has 4 heteroatoms. The number of hydrogen-bond donors (Lipinski definition) is 2. The van der Waals surface area contributed by atoms with E-state index in [0.29, 0.717) is 0 Å². The van der Waals surface area contributed by atoms with Crippen molar-refractivity contribution < 1.29 is 9.90 Å². The molecule has 0 amide bonds. The van der Waals surface area contributed by atoms with Gasteiger partial charge in [0.25, 0.3) is 0 Å². The lowest BCUT2D eigenvalue weighted by Gasteiger charge is -2.27. The Labute approximate surface area is 98.0 Å². The maximum atomic E-state index is 11.2. The average molecular weight is 228 g/mol. The Morgan fingerprint density at radius 1 is 1.38 bits per heavy atom. The lowest BCUT2D eigenvalue weighted by atomic mass is 10.1. The Bertz CT molecular complexity index is 201. The molecule has 4 nitrogen and oxygen atoms in total. The predicted molar refractivity (Wildman–Crippen MR) is 64.6 cm³/mol. The molecule has 0 aromatic rings. The van der Waals surface area contributed by atoms with E-state index < -0.39 is 5.97 Å². The molecule has 16 heavy (non-hydrogen) atoms. The van der Waals surface area contributed by atoms with Crippen LogP contribution in [-0.4, -0.2) is 48.2 Å². The smallest absolute Gasteiger partial charge is 0.320 e. The largest absolute Gasteiger partial charge is 0.480 e. The van der Waals surface area contributed by atoms with E-state index in [0.717, 1.165) is 58.3 Å². The van der Waals surface area contributed by atoms with Gasteiger partial charge in [-0.3, -0.25) is 9.69 Å².